The molecule has 1 aliphatic heterocycles. The summed E-state index contributed by atoms with van der Waals surface area (Å²) in [6.45, 7) is 2.42. The van der Waals surface area contributed by atoms with Crippen LogP contribution in [0.1, 0.15) is 22.3 Å². The molecule has 132 valence electrons. The van der Waals surface area contributed by atoms with Crippen LogP contribution in [0.25, 0.3) is 0 Å². The summed E-state index contributed by atoms with van der Waals surface area (Å²) in [5.74, 6) is -0.140. The number of nitrogens with zero attached hydrogens (tertiary/aromatic N) is 2. The maximum absolute atomic E-state index is 12.5. The van der Waals surface area contributed by atoms with Gasteiger partial charge in [0.2, 0.25) is 0 Å². The Morgan fingerprint density at radius 3 is 2.68 bits per heavy atom. The van der Waals surface area contributed by atoms with Crippen LogP contribution < -0.4 is 0 Å². The SMILES string of the molecule is CN(C[C@@]1(O)CCN(Cc2ccccc2)C1)C(=O)c1cccc(O)c1. The van der Waals surface area contributed by atoms with Crippen LogP contribution in [0, 0.1) is 0 Å². The summed E-state index contributed by atoms with van der Waals surface area (Å²) in [5, 5.41) is 20.4. The van der Waals surface area contributed by atoms with Gasteiger partial charge in [-0.1, -0.05) is 36.4 Å². The Bertz CT molecular complexity index is 735. The highest BCUT2D eigenvalue weighted by Crippen LogP contribution is 2.24. The summed E-state index contributed by atoms with van der Waals surface area (Å²) in [6.07, 6.45) is 0.636. The molecular weight excluding hydrogens is 316 g/mol. The third-order valence-corrected chi connectivity index (χ3v) is 4.63. The molecule has 3 rings (SSSR count). The maximum Gasteiger partial charge on any atom is 0.253 e. The average Bonchev–Trinajstić information content (AvgIpc) is 2.95. The number of amides is 1. The predicted octanol–water partition coefficient (Wildman–Crippen LogP) is 2.10. The van der Waals surface area contributed by atoms with Crippen molar-refractivity contribution in [2.75, 3.05) is 26.7 Å². The molecule has 2 N–H and O–H groups in total. The molecule has 0 aliphatic carbocycles. The number of likely N-dealkylation sites (N-methyl/N-ethyl adjacent to an activating group) is 1. The summed E-state index contributed by atoms with van der Waals surface area (Å²) in [6, 6.07) is 16.5. The van der Waals surface area contributed by atoms with E-state index in [2.05, 4.69) is 17.0 Å². The third-order valence-electron chi connectivity index (χ3n) is 4.63. The van der Waals surface area contributed by atoms with Gasteiger partial charge in [-0.15, -0.1) is 0 Å². The standard InChI is InChI=1S/C20H24N2O3/c1-21(19(24)17-8-5-9-18(23)12-17)14-20(25)10-11-22(15-20)13-16-6-3-2-4-7-16/h2-9,12,23,25H,10-11,13-15H2,1H3/t20-/m0/s1. The second-order valence-corrected chi connectivity index (χ2v) is 6.88. The van der Waals surface area contributed by atoms with E-state index in [1.54, 1.807) is 19.2 Å². The quantitative estimate of drug-likeness (QED) is 0.875. The lowest BCUT2D eigenvalue weighted by Gasteiger charge is -2.29. The number of phenolic OH excluding ortho intramolecular Hbond substituents is 1. The highest BCUT2D eigenvalue weighted by molar-refractivity contribution is 5.94. The monoisotopic (exact) mass is 340 g/mol. The summed E-state index contributed by atoms with van der Waals surface area (Å²) >= 11 is 0. The highest BCUT2D eigenvalue weighted by atomic mass is 16.3. The lowest BCUT2D eigenvalue weighted by atomic mass is 10.0. The zero-order valence-electron chi connectivity index (χ0n) is 14.4. The Kier molecular flexibility index (Phi) is 5.06. The van der Waals surface area contributed by atoms with E-state index in [0.717, 1.165) is 13.1 Å². The topological polar surface area (TPSA) is 64.0 Å². The Morgan fingerprint density at radius 1 is 1.20 bits per heavy atom. The maximum atomic E-state index is 12.5. The smallest absolute Gasteiger partial charge is 0.253 e. The van der Waals surface area contributed by atoms with Crippen LogP contribution in [-0.4, -0.2) is 58.2 Å². The molecule has 1 heterocycles. The molecule has 5 heteroatoms. The molecule has 0 radical (unpaired) electrons. The average molecular weight is 340 g/mol. The van der Waals surface area contributed by atoms with Crippen molar-refractivity contribution < 1.29 is 15.0 Å². The number of carbonyl (C=O) groups excluding carboxylic acids is 1. The van der Waals surface area contributed by atoms with Crippen LogP contribution in [0.5, 0.6) is 5.75 Å². The van der Waals surface area contributed by atoms with Gasteiger partial charge in [-0.25, -0.2) is 0 Å². The first kappa shape index (κ1) is 17.5. The van der Waals surface area contributed by atoms with Crippen molar-refractivity contribution in [1.82, 2.24) is 9.80 Å². The fraction of sp³-hybridized carbons (Fsp3) is 0.350. The number of aromatic hydroxyl groups is 1. The summed E-state index contributed by atoms with van der Waals surface area (Å²) in [4.78, 5) is 16.2. The zero-order chi connectivity index (χ0) is 17.9. The number of likely N-dealkylation sites (tertiary alicyclic amines) is 1. The lowest BCUT2D eigenvalue weighted by Crippen LogP contribution is -2.45. The number of β-amino-alcohol motifs (C(OH)–C–C–N with tert-alkyl or cyclic N) is 1. The van der Waals surface area contributed by atoms with E-state index >= 15 is 0 Å². The third kappa shape index (κ3) is 4.38. The molecule has 2 aromatic rings. The first-order valence-electron chi connectivity index (χ1n) is 8.48. The van der Waals surface area contributed by atoms with Crippen molar-refractivity contribution in [3.63, 3.8) is 0 Å². The molecule has 1 aliphatic rings. The zero-order valence-corrected chi connectivity index (χ0v) is 14.4. The Morgan fingerprint density at radius 2 is 1.96 bits per heavy atom. The summed E-state index contributed by atoms with van der Waals surface area (Å²) in [5.41, 5.74) is 0.733. The van der Waals surface area contributed by atoms with Crippen molar-refractivity contribution in [3.8, 4) is 5.75 Å². The first-order valence-corrected chi connectivity index (χ1v) is 8.48. The largest absolute Gasteiger partial charge is 0.508 e. The van der Waals surface area contributed by atoms with Crippen LogP contribution in [0.3, 0.4) is 0 Å². The number of hydrogen-bond acceptors (Lipinski definition) is 4. The summed E-state index contributed by atoms with van der Waals surface area (Å²) < 4.78 is 0. The Hall–Kier alpha value is -2.37. The molecule has 2 aromatic carbocycles. The summed E-state index contributed by atoms with van der Waals surface area (Å²) in [7, 11) is 1.68. The molecule has 1 fully saturated rings. The van der Waals surface area contributed by atoms with Crippen molar-refractivity contribution >= 4 is 5.91 Å². The van der Waals surface area contributed by atoms with Gasteiger partial charge in [-0.2, -0.15) is 0 Å². The minimum Gasteiger partial charge on any atom is -0.508 e. The van der Waals surface area contributed by atoms with E-state index < -0.39 is 5.60 Å². The van der Waals surface area contributed by atoms with Crippen molar-refractivity contribution in [1.29, 1.82) is 0 Å². The molecular formula is C20H24N2O3. The fourth-order valence-electron chi connectivity index (χ4n) is 3.42. The Labute approximate surface area is 148 Å². The molecule has 1 saturated heterocycles. The van der Waals surface area contributed by atoms with Crippen molar-refractivity contribution in [3.05, 3.63) is 65.7 Å². The molecule has 1 amide bonds. The van der Waals surface area contributed by atoms with E-state index in [0.29, 0.717) is 18.5 Å². The number of aliphatic hydroxyl groups is 1. The van der Waals surface area contributed by atoms with Crippen LogP contribution in [0.2, 0.25) is 0 Å². The van der Waals surface area contributed by atoms with E-state index in [1.165, 1.54) is 22.6 Å². The molecule has 0 bridgehead atoms. The molecule has 25 heavy (non-hydrogen) atoms. The van der Waals surface area contributed by atoms with Crippen molar-refractivity contribution in [2.24, 2.45) is 0 Å². The number of carbonyl (C=O) groups is 1. The predicted molar refractivity (Wildman–Crippen MR) is 96.4 cm³/mol. The molecule has 0 unspecified atom stereocenters. The van der Waals surface area contributed by atoms with Gasteiger partial charge in [0.05, 0.1) is 12.1 Å². The lowest BCUT2D eigenvalue weighted by molar-refractivity contribution is 0.0170. The van der Waals surface area contributed by atoms with Gasteiger partial charge in [0.1, 0.15) is 5.75 Å². The van der Waals surface area contributed by atoms with E-state index in [4.69, 9.17) is 0 Å². The molecule has 1 atom stereocenters. The van der Waals surface area contributed by atoms with Gasteiger partial charge in [0, 0.05) is 32.2 Å². The number of hydrogen-bond donors (Lipinski definition) is 2. The second kappa shape index (κ2) is 7.25. The first-order chi connectivity index (χ1) is 12.0. The molecule has 0 aromatic heterocycles. The van der Waals surface area contributed by atoms with Gasteiger partial charge >= 0.3 is 0 Å². The Balaban J connectivity index is 1.59. The molecule has 0 saturated carbocycles. The highest BCUT2D eigenvalue weighted by Gasteiger charge is 2.37. The van der Waals surface area contributed by atoms with Crippen LogP contribution in [0.4, 0.5) is 0 Å². The van der Waals surface area contributed by atoms with Crippen LogP contribution in [-0.2, 0) is 6.54 Å². The second-order valence-electron chi connectivity index (χ2n) is 6.88. The normalized spacial score (nSPS) is 20.6. The van der Waals surface area contributed by atoms with E-state index in [-0.39, 0.29) is 18.2 Å². The minimum absolute atomic E-state index is 0.0628. The van der Waals surface area contributed by atoms with E-state index in [1.807, 2.05) is 18.2 Å². The van der Waals surface area contributed by atoms with Gasteiger partial charge in [-0.05, 0) is 30.2 Å². The minimum atomic E-state index is -0.907. The van der Waals surface area contributed by atoms with Crippen LogP contribution in [0.15, 0.2) is 54.6 Å². The van der Waals surface area contributed by atoms with Gasteiger partial charge in [0.25, 0.3) is 5.91 Å². The number of phenols is 1. The van der Waals surface area contributed by atoms with Crippen molar-refractivity contribution in [2.45, 2.75) is 18.6 Å². The molecule has 5 nitrogen and oxygen atoms in total. The van der Waals surface area contributed by atoms with Gasteiger partial charge < -0.3 is 15.1 Å². The van der Waals surface area contributed by atoms with E-state index in [9.17, 15) is 15.0 Å². The van der Waals surface area contributed by atoms with Crippen LogP contribution >= 0.6 is 0 Å². The number of rotatable bonds is 5. The van der Waals surface area contributed by atoms with Gasteiger partial charge in [0.15, 0.2) is 0 Å². The fourth-order valence-corrected chi connectivity index (χ4v) is 3.42. The van der Waals surface area contributed by atoms with Gasteiger partial charge in [-0.3, -0.25) is 9.69 Å². The molecule has 0 spiro atoms. The number of benzene rings is 2.